The number of nitrogens with one attached hydrogen (secondary N) is 2. The number of carbonyl (C=O) groups excluding carboxylic acids is 1. The predicted molar refractivity (Wildman–Crippen MR) is 117 cm³/mol. The van der Waals surface area contributed by atoms with Crippen molar-refractivity contribution in [2.75, 3.05) is 24.3 Å². The highest BCUT2D eigenvalue weighted by atomic mass is 19.2. The number of carbonyl (C=O) groups is 1. The smallest absolute Gasteiger partial charge is 0.254 e. The number of halogens is 3. The van der Waals surface area contributed by atoms with Crippen molar-refractivity contribution in [1.29, 1.82) is 0 Å². The van der Waals surface area contributed by atoms with Crippen LogP contribution < -0.4 is 15.5 Å². The lowest BCUT2D eigenvalue weighted by Gasteiger charge is -2.30. The Balaban J connectivity index is 1.38. The summed E-state index contributed by atoms with van der Waals surface area (Å²) in [7, 11) is 3.87. The van der Waals surface area contributed by atoms with Gasteiger partial charge in [0.15, 0.2) is 11.6 Å². The van der Waals surface area contributed by atoms with Crippen LogP contribution in [0.3, 0.4) is 0 Å². The van der Waals surface area contributed by atoms with Gasteiger partial charge in [0.2, 0.25) is 5.95 Å². The Labute approximate surface area is 183 Å². The van der Waals surface area contributed by atoms with Crippen LogP contribution in [-0.2, 0) is 0 Å². The molecule has 4 rings (SSSR count). The van der Waals surface area contributed by atoms with Crippen molar-refractivity contribution in [3.63, 3.8) is 0 Å². The molecule has 32 heavy (non-hydrogen) atoms. The number of benzene rings is 2. The largest absolute Gasteiger partial charge is 0.362 e. The highest BCUT2D eigenvalue weighted by Gasteiger charge is 2.25. The Morgan fingerprint density at radius 3 is 2.31 bits per heavy atom. The molecule has 0 unspecified atom stereocenters. The SMILES string of the molecule is CN(C)c1nc(N[C@H]2CC[C@@H](NC(=O)c3cc(F)c(F)cc3F)CC2)nc2ccccc12. The lowest BCUT2D eigenvalue weighted by molar-refractivity contribution is 0.0921. The van der Waals surface area contributed by atoms with Gasteiger partial charge in [0.05, 0.1) is 11.1 Å². The van der Waals surface area contributed by atoms with Gasteiger partial charge in [-0.2, -0.15) is 4.98 Å². The molecule has 0 atom stereocenters. The maximum absolute atomic E-state index is 13.8. The first-order valence-electron chi connectivity index (χ1n) is 10.5. The summed E-state index contributed by atoms with van der Waals surface area (Å²) < 4.78 is 40.3. The van der Waals surface area contributed by atoms with Crippen LogP contribution in [0.15, 0.2) is 36.4 Å². The number of hydrogen-bond donors (Lipinski definition) is 2. The Morgan fingerprint density at radius 2 is 1.59 bits per heavy atom. The molecule has 0 radical (unpaired) electrons. The molecule has 0 saturated heterocycles. The van der Waals surface area contributed by atoms with Crippen molar-refractivity contribution in [2.45, 2.75) is 37.8 Å². The fraction of sp³-hybridized carbons (Fsp3) is 0.348. The van der Waals surface area contributed by atoms with Gasteiger partial charge in [-0.1, -0.05) is 12.1 Å². The zero-order chi connectivity index (χ0) is 22.8. The molecular weight excluding hydrogens is 419 g/mol. The number of fused-ring (bicyclic) bond motifs is 1. The van der Waals surface area contributed by atoms with E-state index in [2.05, 4.69) is 20.6 Å². The van der Waals surface area contributed by atoms with Crippen molar-refractivity contribution in [1.82, 2.24) is 15.3 Å². The fourth-order valence-corrected chi connectivity index (χ4v) is 3.99. The number of hydrogen-bond acceptors (Lipinski definition) is 5. The van der Waals surface area contributed by atoms with E-state index in [4.69, 9.17) is 0 Å². The molecule has 168 valence electrons. The van der Waals surface area contributed by atoms with Gasteiger partial charge in [-0.05, 0) is 43.9 Å². The van der Waals surface area contributed by atoms with E-state index in [9.17, 15) is 18.0 Å². The van der Waals surface area contributed by atoms with Crippen LogP contribution in [0.2, 0.25) is 0 Å². The van der Waals surface area contributed by atoms with Gasteiger partial charge in [0, 0.05) is 37.6 Å². The summed E-state index contributed by atoms with van der Waals surface area (Å²) in [6.07, 6.45) is 2.81. The summed E-state index contributed by atoms with van der Waals surface area (Å²) in [5.41, 5.74) is 0.355. The predicted octanol–water partition coefficient (Wildman–Crippen LogP) is 4.27. The summed E-state index contributed by atoms with van der Waals surface area (Å²) >= 11 is 0. The Morgan fingerprint density at radius 1 is 0.938 bits per heavy atom. The maximum atomic E-state index is 13.8. The summed E-state index contributed by atoms with van der Waals surface area (Å²) in [6, 6.07) is 8.73. The molecule has 6 nitrogen and oxygen atoms in total. The van der Waals surface area contributed by atoms with E-state index >= 15 is 0 Å². The zero-order valence-electron chi connectivity index (χ0n) is 17.8. The zero-order valence-corrected chi connectivity index (χ0v) is 17.8. The second kappa shape index (κ2) is 9.02. The number of rotatable bonds is 5. The van der Waals surface area contributed by atoms with Gasteiger partial charge in [-0.15, -0.1) is 0 Å². The monoisotopic (exact) mass is 443 g/mol. The molecule has 0 aliphatic heterocycles. The molecule has 0 spiro atoms. The van der Waals surface area contributed by atoms with Gasteiger partial charge in [-0.3, -0.25) is 4.79 Å². The quantitative estimate of drug-likeness (QED) is 0.577. The Hall–Kier alpha value is -3.36. The first kappa shape index (κ1) is 21.9. The summed E-state index contributed by atoms with van der Waals surface area (Å²) in [4.78, 5) is 23.5. The molecule has 1 aliphatic rings. The van der Waals surface area contributed by atoms with Crippen molar-refractivity contribution in [2.24, 2.45) is 0 Å². The molecule has 0 bridgehead atoms. The third kappa shape index (κ3) is 4.61. The molecule has 1 amide bonds. The third-order valence-corrected chi connectivity index (χ3v) is 5.66. The molecule has 3 aromatic rings. The van der Waals surface area contributed by atoms with E-state index < -0.39 is 28.9 Å². The number of para-hydroxylation sites is 1. The van der Waals surface area contributed by atoms with E-state index in [0.29, 0.717) is 30.9 Å². The summed E-state index contributed by atoms with van der Waals surface area (Å²) in [5.74, 6) is -3.03. The Bertz CT molecular complexity index is 1150. The topological polar surface area (TPSA) is 70.2 Å². The fourth-order valence-electron chi connectivity index (χ4n) is 3.99. The Kier molecular flexibility index (Phi) is 6.16. The van der Waals surface area contributed by atoms with Crippen molar-refractivity contribution in [3.8, 4) is 0 Å². The molecular formula is C23H24F3N5O. The van der Waals surface area contributed by atoms with Crippen LogP contribution in [-0.4, -0.2) is 42.1 Å². The van der Waals surface area contributed by atoms with Gasteiger partial charge < -0.3 is 15.5 Å². The molecule has 2 N–H and O–H groups in total. The van der Waals surface area contributed by atoms with E-state index in [0.717, 1.165) is 29.6 Å². The van der Waals surface area contributed by atoms with Crippen LogP contribution in [0, 0.1) is 17.5 Å². The first-order valence-corrected chi connectivity index (χ1v) is 10.5. The van der Waals surface area contributed by atoms with E-state index in [1.54, 1.807) is 0 Å². The van der Waals surface area contributed by atoms with Gasteiger partial charge in [0.25, 0.3) is 5.91 Å². The minimum absolute atomic E-state index is 0.124. The normalized spacial score (nSPS) is 18.4. The number of anilines is 2. The second-order valence-electron chi connectivity index (χ2n) is 8.19. The first-order chi connectivity index (χ1) is 15.3. The van der Waals surface area contributed by atoms with E-state index in [1.807, 2.05) is 43.3 Å². The van der Waals surface area contributed by atoms with Crippen LogP contribution >= 0.6 is 0 Å². The molecule has 1 aliphatic carbocycles. The molecule has 1 saturated carbocycles. The second-order valence-corrected chi connectivity index (χ2v) is 8.19. The number of aromatic nitrogens is 2. The molecule has 9 heteroatoms. The number of amides is 1. The van der Waals surface area contributed by atoms with Crippen LogP contribution in [0.4, 0.5) is 24.9 Å². The van der Waals surface area contributed by atoms with Crippen molar-refractivity contribution < 1.29 is 18.0 Å². The van der Waals surface area contributed by atoms with E-state index in [1.165, 1.54) is 0 Å². The standard InChI is InChI=1S/C23H24F3N5O/c1-31(2)21-15-5-3-4-6-20(15)29-23(30-21)28-14-9-7-13(8-10-14)27-22(32)16-11-18(25)19(26)12-17(16)24/h3-6,11-14H,7-10H2,1-2H3,(H,27,32)(H,28,29,30)/t13-,14+. The highest BCUT2D eigenvalue weighted by Crippen LogP contribution is 2.26. The maximum Gasteiger partial charge on any atom is 0.254 e. The van der Waals surface area contributed by atoms with Gasteiger partial charge in [0.1, 0.15) is 11.6 Å². The average molecular weight is 443 g/mol. The van der Waals surface area contributed by atoms with Crippen LogP contribution in [0.1, 0.15) is 36.0 Å². The van der Waals surface area contributed by atoms with Gasteiger partial charge >= 0.3 is 0 Å². The molecule has 2 aromatic carbocycles. The molecule has 1 aromatic heterocycles. The third-order valence-electron chi connectivity index (χ3n) is 5.66. The van der Waals surface area contributed by atoms with E-state index in [-0.39, 0.29) is 12.1 Å². The summed E-state index contributed by atoms with van der Waals surface area (Å²) in [6.45, 7) is 0. The summed E-state index contributed by atoms with van der Waals surface area (Å²) in [5, 5.41) is 7.08. The van der Waals surface area contributed by atoms with Crippen LogP contribution in [0.25, 0.3) is 10.9 Å². The molecule has 1 heterocycles. The molecule has 1 fully saturated rings. The van der Waals surface area contributed by atoms with Crippen molar-refractivity contribution >= 4 is 28.6 Å². The average Bonchev–Trinajstić information content (AvgIpc) is 2.77. The highest BCUT2D eigenvalue weighted by molar-refractivity contribution is 5.94. The number of nitrogens with zero attached hydrogens (tertiary/aromatic N) is 3. The van der Waals surface area contributed by atoms with Crippen molar-refractivity contribution in [3.05, 3.63) is 59.4 Å². The van der Waals surface area contributed by atoms with Gasteiger partial charge in [-0.25, -0.2) is 18.2 Å². The minimum Gasteiger partial charge on any atom is -0.362 e. The lowest BCUT2D eigenvalue weighted by Crippen LogP contribution is -2.40. The van der Waals surface area contributed by atoms with Crippen LogP contribution in [0.5, 0.6) is 0 Å². The lowest BCUT2D eigenvalue weighted by atomic mass is 9.91. The minimum atomic E-state index is -1.32.